The molecule has 1 aliphatic rings. The number of carbonyl (C=O) groups excluding carboxylic acids is 2. The van der Waals surface area contributed by atoms with E-state index >= 15 is 0 Å². The minimum Gasteiger partial charge on any atom is -0.495 e. The molecule has 2 amide bonds. The van der Waals surface area contributed by atoms with Gasteiger partial charge in [-0.3, -0.25) is 9.59 Å². The molecule has 0 saturated heterocycles. The second kappa shape index (κ2) is 8.91. The number of amides is 2. The summed E-state index contributed by atoms with van der Waals surface area (Å²) in [7, 11) is 1.58. The smallest absolute Gasteiger partial charge is 0.227 e. The van der Waals surface area contributed by atoms with Gasteiger partial charge in [0.1, 0.15) is 5.75 Å². The number of anilines is 2. The van der Waals surface area contributed by atoms with E-state index in [-0.39, 0.29) is 23.7 Å². The number of hydrogen-bond acceptors (Lipinski definition) is 3. The maximum Gasteiger partial charge on any atom is 0.227 e. The van der Waals surface area contributed by atoms with Gasteiger partial charge in [0.25, 0.3) is 0 Å². The van der Waals surface area contributed by atoms with Crippen LogP contribution in [0.25, 0.3) is 0 Å². The Hall–Kier alpha value is -2.53. The number of rotatable bonds is 5. The van der Waals surface area contributed by atoms with Gasteiger partial charge in [-0.2, -0.15) is 0 Å². The van der Waals surface area contributed by atoms with Crippen LogP contribution in [0.1, 0.15) is 25.7 Å². The first-order valence-electron chi connectivity index (χ1n) is 9.07. The number of para-hydroxylation sites is 2. The lowest BCUT2D eigenvalue weighted by Gasteiger charge is -2.27. The van der Waals surface area contributed by atoms with Crippen LogP contribution in [0.15, 0.2) is 48.5 Å². The highest BCUT2D eigenvalue weighted by atomic mass is 35.5. The van der Waals surface area contributed by atoms with E-state index in [2.05, 4.69) is 10.6 Å². The molecule has 0 bridgehead atoms. The summed E-state index contributed by atoms with van der Waals surface area (Å²) in [6.45, 7) is 0. The first-order valence-corrected chi connectivity index (χ1v) is 9.45. The minimum absolute atomic E-state index is 0.000842. The molecule has 0 aromatic heterocycles. The third-order valence-electron chi connectivity index (χ3n) is 4.95. The first kappa shape index (κ1) is 19.2. The lowest BCUT2D eigenvalue weighted by atomic mass is 9.81. The summed E-state index contributed by atoms with van der Waals surface area (Å²) < 4.78 is 5.27. The topological polar surface area (TPSA) is 67.4 Å². The van der Waals surface area contributed by atoms with Crippen LogP contribution in [0.4, 0.5) is 11.4 Å². The van der Waals surface area contributed by atoms with Crippen LogP contribution >= 0.6 is 11.6 Å². The van der Waals surface area contributed by atoms with Crippen LogP contribution in [0.2, 0.25) is 5.02 Å². The molecule has 142 valence electrons. The van der Waals surface area contributed by atoms with Gasteiger partial charge in [-0.15, -0.1) is 0 Å². The number of hydrogen-bond donors (Lipinski definition) is 2. The van der Waals surface area contributed by atoms with Crippen LogP contribution < -0.4 is 15.4 Å². The molecular formula is C21H23ClN2O3. The zero-order valence-electron chi connectivity index (χ0n) is 15.2. The standard InChI is InChI=1S/C21H23ClN2O3/c1-27-19-5-3-2-4-18(19)24-21(26)15-8-6-14(7-9-15)20(25)23-17-12-10-16(22)11-13-17/h2-5,10-15H,6-9H2,1H3,(H,23,25)(H,24,26). The third-order valence-corrected chi connectivity index (χ3v) is 5.20. The maximum absolute atomic E-state index is 12.6. The first-order chi connectivity index (χ1) is 13.1. The molecule has 2 aromatic carbocycles. The number of halogens is 1. The number of methoxy groups -OCH3 is 1. The number of benzene rings is 2. The molecule has 3 rings (SSSR count). The summed E-state index contributed by atoms with van der Waals surface area (Å²) in [5.74, 6) is 0.462. The van der Waals surface area contributed by atoms with Crippen molar-refractivity contribution in [3.8, 4) is 5.75 Å². The molecule has 2 aromatic rings. The van der Waals surface area contributed by atoms with E-state index in [1.165, 1.54) is 0 Å². The molecule has 0 heterocycles. The molecule has 1 fully saturated rings. The van der Waals surface area contributed by atoms with E-state index in [1.807, 2.05) is 24.3 Å². The van der Waals surface area contributed by atoms with Crippen molar-refractivity contribution in [1.82, 2.24) is 0 Å². The Kier molecular flexibility index (Phi) is 6.35. The monoisotopic (exact) mass is 386 g/mol. The lowest BCUT2D eigenvalue weighted by molar-refractivity contribution is -0.125. The maximum atomic E-state index is 12.6. The van der Waals surface area contributed by atoms with Crippen molar-refractivity contribution in [2.45, 2.75) is 25.7 Å². The van der Waals surface area contributed by atoms with Crippen molar-refractivity contribution in [3.63, 3.8) is 0 Å². The van der Waals surface area contributed by atoms with Crippen LogP contribution in [-0.4, -0.2) is 18.9 Å². The molecular weight excluding hydrogens is 364 g/mol. The van der Waals surface area contributed by atoms with Crippen LogP contribution in [0.3, 0.4) is 0 Å². The van der Waals surface area contributed by atoms with Crippen molar-refractivity contribution < 1.29 is 14.3 Å². The Balaban J connectivity index is 1.51. The van der Waals surface area contributed by atoms with E-state index in [0.29, 0.717) is 42.1 Å². The fraction of sp³-hybridized carbons (Fsp3) is 0.333. The highest BCUT2D eigenvalue weighted by Gasteiger charge is 2.30. The SMILES string of the molecule is COc1ccccc1NC(=O)C1CCC(C(=O)Nc2ccc(Cl)cc2)CC1. The fourth-order valence-electron chi connectivity index (χ4n) is 3.38. The zero-order chi connectivity index (χ0) is 19.2. The van der Waals surface area contributed by atoms with Gasteiger partial charge in [0, 0.05) is 22.5 Å². The Morgan fingerprint density at radius 3 is 2.04 bits per heavy atom. The molecule has 0 atom stereocenters. The minimum atomic E-state index is -0.0884. The normalized spacial score (nSPS) is 19.2. The predicted octanol–water partition coefficient (Wildman–Crippen LogP) is 4.73. The van der Waals surface area contributed by atoms with Gasteiger partial charge in [0.05, 0.1) is 12.8 Å². The van der Waals surface area contributed by atoms with Crippen LogP contribution in [0, 0.1) is 11.8 Å². The summed E-state index contributed by atoms with van der Waals surface area (Å²) in [6.07, 6.45) is 2.78. The number of ether oxygens (including phenoxy) is 1. The van der Waals surface area contributed by atoms with Gasteiger partial charge in [-0.1, -0.05) is 23.7 Å². The molecule has 1 aliphatic carbocycles. The molecule has 27 heavy (non-hydrogen) atoms. The molecule has 5 nitrogen and oxygen atoms in total. The summed E-state index contributed by atoms with van der Waals surface area (Å²) >= 11 is 5.86. The number of carbonyl (C=O) groups is 2. The molecule has 2 N–H and O–H groups in total. The van der Waals surface area contributed by atoms with E-state index in [4.69, 9.17) is 16.3 Å². The molecule has 0 radical (unpaired) electrons. The summed E-state index contributed by atoms with van der Waals surface area (Å²) in [5, 5.41) is 6.50. The molecule has 0 unspecified atom stereocenters. The summed E-state index contributed by atoms with van der Waals surface area (Å²) in [6, 6.07) is 14.4. The van der Waals surface area contributed by atoms with E-state index in [1.54, 1.807) is 31.4 Å². The Morgan fingerprint density at radius 1 is 0.889 bits per heavy atom. The van der Waals surface area contributed by atoms with Crippen LogP contribution in [-0.2, 0) is 9.59 Å². The Labute approximate surface area is 164 Å². The third kappa shape index (κ3) is 5.01. The van der Waals surface area contributed by atoms with Gasteiger partial charge < -0.3 is 15.4 Å². The largest absolute Gasteiger partial charge is 0.495 e. The van der Waals surface area contributed by atoms with Crippen molar-refractivity contribution in [2.75, 3.05) is 17.7 Å². The average Bonchev–Trinajstić information content (AvgIpc) is 2.70. The Morgan fingerprint density at radius 2 is 1.44 bits per heavy atom. The summed E-state index contributed by atoms with van der Waals surface area (Å²) in [4.78, 5) is 25.0. The zero-order valence-corrected chi connectivity index (χ0v) is 16.0. The van der Waals surface area contributed by atoms with Gasteiger partial charge >= 0.3 is 0 Å². The molecule has 1 saturated carbocycles. The Bertz CT molecular complexity index is 799. The summed E-state index contributed by atoms with van der Waals surface area (Å²) in [5.41, 5.74) is 1.41. The van der Waals surface area contributed by atoms with Gasteiger partial charge in [0.2, 0.25) is 11.8 Å². The van der Waals surface area contributed by atoms with Gasteiger partial charge in [0.15, 0.2) is 0 Å². The van der Waals surface area contributed by atoms with Crippen molar-refractivity contribution >= 4 is 34.8 Å². The van der Waals surface area contributed by atoms with Crippen LogP contribution in [0.5, 0.6) is 5.75 Å². The second-order valence-corrected chi connectivity index (χ2v) is 7.17. The van der Waals surface area contributed by atoms with Gasteiger partial charge in [-0.25, -0.2) is 0 Å². The average molecular weight is 387 g/mol. The fourth-order valence-corrected chi connectivity index (χ4v) is 3.50. The number of nitrogens with one attached hydrogen (secondary N) is 2. The van der Waals surface area contributed by atoms with Crippen molar-refractivity contribution in [1.29, 1.82) is 0 Å². The van der Waals surface area contributed by atoms with Crippen molar-refractivity contribution in [2.24, 2.45) is 11.8 Å². The quantitative estimate of drug-likeness (QED) is 0.780. The highest BCUT2D eigenvalue weighted by Crippen LogP contribution is 2.32. The predicted molar refractivity (Wildman–Crippen MR) is 107 cm³/mol. The van der Waals surface area contributed by atoms with Gasteiger partial charge in [-0.05, 0) is 62.1 Å². The molecule has 6 heteroatoms. The molecule has 0 spiro atoms. The molecule has 0 aliphatic heterocycles. The van der Waals surface area contributed by atoms with E-state index in [9.17, 15) is 9.59 Å². The van der Waals surface area contributed by atoms with Crippen molar-refractivity contribution in [3.05, 3.63) is 53.6 Å². The van der Waals surface area contributed by atoms with E-state index in [0.717, 1.165) is 5.69 Å². The highest BCUT2D eigenvalue weighted by molar-refractivity contribution is 6.30. The van der Waals surface area contributed by atoms with E-state index < -0.39 is 0 Å². The lowest BCUT2D eigenvalue weighted by Crippen LogP contribution is -2.32. The second-order valence-electron chi connectivity index (χ2n) is 6.73.